The van der Waals surface area contributed by atoms with Crippen LogP contribution in [0.1, 0.15) is 5.69 Å². The van der Waals surface area contributed by atoms with Gasteiger partial charge in [0.2, 0.25) is 0 Å². The molecule has 6 heteroatoms. The highest BCUT2D eigenvalue weighted by molar-refractivity contribution is 7.15. The highest BCUT2D eigenvalue weighted by Crippen LogP contribution is 2.19. The van der Waals surface area contributed by atoms with E-state index < -0.39 is 0 Å². The summed E-state index contributed by atoms with van der Waals surface area (Å²) in [5, 5.41) is 6.58. The van der Waals surface area contributed by atoms with Crippen molar-refractivity contribution in [3.05, 3.63) is 52.8 Å². The van der Waals surface area contributed by atoms with Crippen molar-refractivity contribution in [3.63, 3.8) is 0 Å². The zero-order chi connectivity index (χ0) is 12.4. The first-order chi connectivity index (χ1) is 8.84. The Labute approximate surface area is 113 Å². The minimum Gasteiger partial charge on any atom is -0.288 e. The molecule has 3 rings (SSSR count). The van der Waals surface area contributed by atoms with E-state index in [9.17, 15) is 0 Å². The molecule has 0 aliphatic heterocycles. The molecule has 0 amide bonds. The van der Waals surface area contributed by atoms with E-state index in [0.29, 0.717) is 5.15 Å². The van der Waals surface area contributed by atoms with Crippen molar-refractivity contribution in [2.45, 2.75) is 0 Å². The summed E-state index contributed by atoms with van der Waals surface area (Å²) in [6.45, 7) is 0. The lowest BCUT2D eigenvalue weighted by atomic mass is 10.3. The number of hydrogen-bond acceptors (Lipinski definition) is 4. The Balaban J connectivity index is 1.84. The fraction of sp³-hybridized carbons (Fsp3) is 0. The number of hydrogen-bond donors (Lipinski definition) is 1. The van der Waals surface area contributed by atoms with Crippen LogP contribution in [0.4, 0.5) is 5.69 Å². The third kappa shape index (κ3) is 2.10. The molecule has 0 bridgehead atoms. The van der Waals surface area contributed by atoms with E-state index in [1.807, 2.05) is 46.3 Å². The van der Waals surface area contributed by atoms with E-state index in [4.69, 9.17) is 11.6 Å². The molecule has 4 nitrogen and oxygen atoms in total. The number of nitrogens with zero attached hydrogens (tertiary/aromatic N) is 3. The first-order valence-electron chi connectivity index (χ1n) is 5.30. The number of imidazole rings is 1. The van der Waals surface area contributed by atoms with Crippen LogP contribution in [0.2, 0.25) is 5.15 Å². The van der Waals surface area contributed by atoms with E-state index in [2.05, 4.69) is 15.5 Å². The molecule has 0 saturated carbocycles. The molecular weight excluding hydrogens is 268 g/mol. The second-order valence-corrected chi connectivity index (χ2v) is 4.81. The topological polar surface area (TPSA) is 41.7 Å². The molecular formula is C12H9ClN4S. The van der Waals surface area contributed by atoms with Gasteiger partial charge in [-0.15, -0.1) is 11.3 Å². The van der Waals surface area contributed by atoms with Crippen LogP contribution < -0.4 is 5.43 Å². The van der Waals surface area contributed by atoms with E-state index >= 15 is 0 Å². The smallest absolute Gasteiger partial charge is 0.195 e. The highest BCUT2D eigenvalue weighted by atomic mass is 35.5. The summed E-state index contributed by atoms with van der Waals surface area (Å²) in [5.74, 6) is 0. The Morgan fingerprint density at radius 3 is 3.00 bits per heavy atom. The number of benzene rings is 1. The van der Waals surface area contributed by atoms with Crippen molar-refractivity contribution < 1.29 is 0 Å². The van der Waals surface area contributed by atoms with Crippen molar-refractivity contribution in [1.82, 2.24) is 9.38 Å². The van der Waals surface area contributed by atoms with E-state index in [1.54, 1.807) is 6.21 Å². The molecule has 0 atom stereocenters. The van der Waals surface area contributed by atoms with Gasteiger partial charge in [-0.05, 0) is 12.1 Å². The monoisotopic (exact) mass is 276 g/mol. The number of thiazole rings is 1. The average Bonchev–Trinajstić information content (AvgIpc) is 2.93. The molecule has 90 valence electrons. The van der Waals surface area contributed by atoms with Gasteiger partial charge in [0, 0.05) is 11.6 Å². The fourth-order valence-electron chi connectivity index (χ4n) is 1.57. The first kappa shape index (κ1) is 11.3. The largest absolute Gasteiger partial charge is 0.288 e. The Morgan fingerprint density at radius 2 is 2.17 bits per heavy atom. The van der Waals surface area contributed by atoms with Gasteiger partial charge in [0.15, 0.2) is 10.1 Å². The maximum atomic E-state index is 6.05. The maximum absolute atomic E-state index is 6.05. The standard InChI is InChI=1S/C12H9ClN4S/c13-11-10(17-6-7-18-12(17)15-11)8-14-16-9-4-2-1-3-5-9/h1-8,16H/b14-8-. The average molecular weight is 277 g/mol. The summed E-state index contributed by atoms with van der Waals surface area (Å²) >= 11 is 7.58. The van der Waals surface area contributed by atoms with Crippen molar-refractivity contribution >= 4 is 39.8 Å². The van der Waals surface area contributed by atoms with Gasteiger partial charge in [-0.1, -0.05) is 29.8 Å². The third-order valence-electron chi connectivity index (χ3n) is 2.41. The second-order valence-electron chi connectivity index (χ2n) is 3.58. The lowest BCUT2D eigenvalue weighted by molar-refractivity contribution is 1.21. The number of rotatable bonds is 3. The van der Waals surface area contributed by atoms with Crippen LogP contribution in [0.25, 0.3) is 4.96 Å². The summed E-state index contributed by atoms with van der Waals surface area (Å²) in [5.41, 5.74) is 4.64. The number of halogens is 1. The fourth-order valence-corrected chi connectivity index (χ4v) is 2.56. The number of nitrogens with one attached hydrogen (secondary N) is 1. The van der Waals surface area contributed by atoms with E-state index in [-0.39, 0.29) is 0 Å². The van der Waals surface area contributed by atoms with Crippen molar-refractivity contribution in [1.29, 1.82) is 0 Å². The first-order valence-corrected chi connectivity index (χ1v) is 6.55. The highest BCUT2D eigenvalue weighted by Gasteiger charge is 2.08. The van der Waals surface area contributed by atoms with Crippen LogP contribution in [0.15, 0.2) is 47.0 Å². The van der Waals surface area contributed by atoms with Crippen LogP contribution in [-0.4, -0.2) is 15.6 Å². The molecule has 0 spiro atoms. The maximum Gasteiger partial charge on any atom is 0.195 e. The number of para-hydroxylation sites is 1. The minimum absolute atomic E-state index is 0.459. The Kier molecular flexibility index (Phi) is 3.00. The van der Waals surface area contributed by atoms with Crippen LogP contribution in [0.3, 0.4) is 0 Å². The van der Waals surface area contributed by atoms with Crippen LogP contribution in [0, 0.1) is 0 Å². The van der Waals surface area contributed by atoms with Gasteiger partial charge in [0.05, 0.1) is 11.9 Å². The molecule has 0 aliphatic carbocycles. The van der Waals surface area contributed by atoms with Crippen molar-refractivity contribution in [3.8, 4) is 0 Å². The summed E-state index contributed by atoms with van der Waals surface area (Å²) in [7, 11) is 0. The molecule has 1 N–H and O–H groups in total. The molecule has 0 unspecified atom stereocenters. The number of fused-ring (bicyclic) bond motifs is 1. The zero-order valence-corrected chi connectivity index (χ0v) is 10.8. The van der Waals surface area contributed by atoms with Gasteiger partial charge in [0.25, 0.3) is 0 Å². The SMILES string of the molecule is Clc1nc2sccn2c1/C=N\Nc1ccccc1. The number of hydrazone groups is 1. The third-order valence-corrected chi connectivity index (χ3v) is 3.44. The van der Waals surface area contributed by atoms with E-state index in [0.717, 1.165) is 16.3 Å². The molecule has 3 aromatic rings. The quantitative estimate of drug-likeness (QED) is 0.588. The molecule has 0 radical (unpaired) electrons. The Hall–Kier alpha value is -1.85. The summed E-state index contributed by atoms with van der Waals surface area (Å²) in [6.07, 6.45) is 3.59. The van der Waals surface area contributed by atoms with Gasteiger partial charge < -0.3 is 0 Å². The normalized spacial score (nSPS) is 11.4. The molecule has 0 saturated heterocycles. The predicted octanol–water partition coefficient (Wildman–Crippen LogP) is 3.50. The zero-order valence-electron chi connectivity index (χ0n) is 9.25. The number of aromatic nitrogens is 2. The second kappa shape index (κ2) is 4.80. The van der Waals surface area contributed by atoms with Gasteiger partial charge >= 0.3 is 0 Å². The Morgan fingerprint density at radius 1 is 1.33 bits per heavy atom. The molecule has 0 aliphatic rings. The van der Waals surface area contributed by atoms with Gasteiger partial charge in [0.1, 0.15) is 5.69 Å². The summed E-state index contributed by atoms with van der Waals surface area (Å²) in [4.78, 5) is 5.09. The molecule has 2 aromatic heterocycles. The summed E-state index contributed by atoms with van der Waals surface area (Å²) in [6, 6.07) is 9.73. The predicted molar refractivity (Wildman–Crippen MR) is 75.7 cm³/mol. The van der Waals surface area contributed by atoms with E-state index in [1.165, 1.54) is 11.3 Å². The molecule has 2 heterocycles. The molecule has 1 aromatic carbocycles. The molecule has 18 heavy (non-hydrogen) atoms. The van der Waals surface area contributed by atoms with Crippen LogP contribution >= 0.6 is 22.9 Å². The van der Waals surface area contributed by atoms with Crippen molar-refractivity contribution in [2.75, 3.05) is 5.43 Å². The number of anilines is 1. The van der Waals surface area contributed by atoms with Crippen molar-refractivity contribution in [2.24, 2.45) is 5.10 Å². The van der Waals surface area contributed by atoms with Crippen LogP contribution in [0.5, 0.6) is 0 Å². The van der Waals surface area contributed by atoms with Gasteiger partial charge in [-0.2, -0.15) is 5.10 Å². The minimum atomic E-state index is 0.459. The lowest BCUT2D eigenvalue weighted by Gasteiger charge is -1.98. The van der Waals surface area contributed by atoms with Crippen LogP contribution in [-0.2, 0) is 0 Å². The lowest BCUT2D eigenvalue weighted by Crippen LogP contribution is -1.93. The summed E-state index contributed by atoms with van der Waals surface area (Å²) < 4.78 is 1.91. The Bertz CT molecular complexity index is 686. The molecule has 0 fully saturated rings. The van der Waals surface area contributed by atoms with Gasteiger partial charge in [-0.3, -0.25) is 9.83 Å². The van der Waals surface area contributed by atoms with Gasteiger partial charge in [-0.25, -0.2) is 4.98 Å².